The highest BCUT2D eigenvalue weighted by Gasteiger charge is 2.11. The molecule has 0 saturated carbocycles. The molecule has 1 amide bonds. The van der Waals surface area contributed by atoms with Gasteiger partial charge in [0.2, 0.25) is 5.91 Å². The van der Waals surface area contributed by atoms with Gasteiger partial charge in [-0.2, -0.15) is 0 Å². The summed E-state index contributed by atoms with van der Waals surface area (Å²) in [5.74, 6) is -0.255. The van der Waals surface area contributed by atoms with Crippen LogP contribution in [0, 0.1) is 0 Å². The first kappa shape index (κ1) is 18.7. The molecule has 1 aromatic carbocycles. The average molecular weight is 319 g/mol. The molecule has 0 bridgehead atoms. The lowest BCUT2D eigenvalue weighted by molar-refractivity contribution is -0.138. The Morgan fingerprint density at radius 2 is 1.83 bits per heavy atom. The first-order chi connectivity index (χ1) is 11.1. The lowest BCUT2D eigenvalue weighted by Gasteiger charge is -2.19. The Balaban J connectivity index is 2.61. The molecule has 0 spiro atoms. The molecule has 23 heavy (non-hydrogen) atoms. The number of benzene rings is 1. The summed E-state index contributed by atoms with van der Waals surface area (Å²) in [5.41, 5.74) is 0.900. The number of nitrogens with zero attached hydrogens (tertiary/aromatic N) is 1. The van der Waals surface area contributed by atoms with Gasteiger partial charge in [-0.1, -0.05) is 26.0 Å². The molecule has 0 aromatic heterocycles. The van der Waals surface area contributed by atoms with Gasteiger partial charge in [-0.3, -0.25) is 9.59 Å². The Hall–Kier alpha value is -2.30. The number of carbonyl (C=O) groups excluding carboxylic acids is 1. The van der Waals surface area contributed by atoms with Gasteiger partial charge in [-0.15, -0.1) is 0 Å². The maximum absolute atomic E-state index is 12.1. The van der Waals surface area contributed by atoms with Gasteiger partial charge >= 0.3 is 5.97 Å². The van der Waals surface area contributed by atoms with Crippen LogP contribution < -0.4 is 4.74 Å². The van der Waals surface area contributed by atoms with Crippen molar-refractivity contribution in [3.63, 3.8) is 0 Å². The zero-order chi connectivity index (χ0) is 17.1. The highest BCUT2D eigenvalue weighted by atomic mass is 16.5. The van der Waals surface area contributed by atoms with E-state index in [0.29, 0.717) is 13.2 Å². The number of hydrogen-bond donors (Lipinski definition) is 1. The summed E-state index contributed by atoms with van der Waals surface area (Å²) in [7, 11) is 0. The van der Waals surface area contributed by atoms with Crippen molar-refractivity contribution in [3.05, 3.63) is 35.9 Å². The second kappa shape index (κ2) is 10.4. The Bertz CT molecular complexity index is 522. The third-order valence-electron chi connectivity index (χ3n) is 3.17. The van der Waals surface area contributed by atoms with Gasteiger partial charge in [0, 0.05) is 19.2 Å². The largest absolute Gasteiger partial charge is 0.494 e. The highest BCUT2D eigenvalue weighted by molar-refractivity contribution is 5.92. The van der Waals surface area contributed by atoms with E-state index in [0.717, 1.165) is 24.2 Å². The number of carboxylic acids is 1. The van der Waals surface area contributed by atoms with E-state index in [1.54, 1.807) is 11.0 Å². The minimum absolute atomic E-state index is 0.0386. The third kappa shape index (κ3) is 7.49. The van der Waals surface area contributed by atoms with Gasteiger partial charge < -0.3 is 14.7 Å². The number of carboxylic acid groups (broad SMARTS) is 1. The van der Waals surface area contributed by atoms with Crippen LogP contribution in [0.3, 0.4) is 0 Å². The average Bonchev–Trinajstić information content (AvgIpc) is 2.55. The van der Waals surface area contributed by atoms with Crippen molar-refractivity contribution < 1.29 is 19.4 Å². The Labute approximate surface area is 137 Å². The van der Waals surface area contributed by atoms with E-state index in [-0.39, 0.29) is 18.9 Å². The van der Waals surface area contributed by atoms with Crippen LogP contribution in [0.5, 0.6) is 5.75 Å². The number of carbonyl (C=O) groups is 2. The van der Waals surface area contributed by atoms with Gasteiger partial charge in [0.25, 0.3) is 0 Å². The summed E-state index contributed by atoms with van der Waals surface area (Å²) >= 11 is 0. The van der Waals surface area contributed by atoms with E-state index in [1.807, 2.05) is 31.2 Å². The number of ether oxygens (including phenoxy) is 1. The van der Waals surface area contributed by atoms with Gasteiger partial charge in [0.1, 0.15) is 5.75 Å². The van der Waals surface area contributed by atoms with E-state index in [1.165, 1.54) is 6.08 Å². The lowest BCUT2D eigenvalue weighted by Crippen LogP contribution is -2.32. The molecule has 0 atom stereocenters. The van der Waals surface area contributed by atoms with E-state index < -0.39 is 5.97 Å². The van der Waals surface area contributed by atoms with Crippen LogP contribution in [0.4, 0.5) is 0 Å². The van der Waals surface area contributed by atoms with E-state index in [9.17, 15) is 9.59 Å². The van der Waals surface area contributed by atoms with Crippen LogP contribution in [-0.2, 0) is 9.59 Å². The number of hydrogen-bond acceptors (Lipinski definition) is 3. The van der Waals surface area contributed by atoms with Crippen LogP contribution in [0.1, 0.15) is 38.7 Å². The van der Waals surface area contributed by atoms with Gasteiger partial charge in [-0.25, -0.2) is 0 Å². The monoisotopic (exact) mass is 319 g/mol. The number of rotatable bonds is 10. The molecule has 0 radical (unpaired) electrons. The first-order valence-electron chi connectivity index (χ1n) is 7.98. The van der Waals surface area contributed by atoms with Crippen molar-refractivity contribution in [2.75, 3.05) is 19.7 Å². The molecule has 0 aliphatic carbocycles. The molecule has 0 saturated heterocycles. The summed E-state index contributed by atoms with van der Waals surface area (Å²) in [4.78, 5) is 24.4. The van der Waals surface area contributed by atoms with Crippen molar-refractivity contribution in [1.29, 1.82) is 0 Å². The molecular weight excluding hydrogens is 294 g/mol. The van der Waals surface area contributed by atoms with Gasteiger partial charge in [0.15, 0.2) is 0 Å². The van der Waals surface area contributed by atoms with Crippen molar-refractivity contribution in [1.82, 2.24) is 4.90 Å². The second-order valence-electron chi connectivity index (χ2n) is 5.22. The summed E-state index contributed by atoms with van der Waals surface area (Å²) in [6.45, 7) is 5.48. The minimum Gasteiger partial charge on any atom is -0.494 e. The summed E-state index contributed by atoms with van der Waals surface area (Å²) in [6, 6.07) is 7.51. The van der Waals surface area contributed by atoms with Gasteiger partial charge in [-0.05, 0) is 36.6 Å². The summed E-state index contributed by atoms with van der Waals surface area (Å²) in [6.07, 6.45) is 4.93. The highest BCUT2D eigenvalue weighted by Crippen LogP contribution is 2.13. The Morgan fingerprint density at radius 3 is 2.39 bits per heavy atom. The van der Waals surface area contributed by atoms with Gasteiger partial charge in [0.05, 0.1) is 13.0 Å². The molecule has 5 nitrogen and oxygen atoms in total. The SMILES string of the molecule is CCCOc1ccc(/C=C/C(=O)N(CCC)CCC(=O)O)cc1. The molecule has 0 fully saturated rings. The number of aliphatic carboxylic acids is 1. The van der Waals surface area contributed by atoms with E-state index in [2.05, 4.69) is 6.92 Å². The zero-order valence-electron chi connectivity index (χ0n) is 13.8. The summed E-state index contributed by atoms with van der Waals surface area (Å²) < 4.78 is 5.51. The fourth-order valence-corrected chi connectivity index (χ4v) is 2.00. The zero-order valence-corrected chi connectivity index (χ0v) is 13.8. The second-order valence-corrected chi connectivity index (χ2v) is 5.22. The standard InChI is InChI=1S/C18H25NO4/c1-3-12-19(13-11-18(21)22)17(20)10-7-15-5-8-16(9-6-15)23-14-4-2/h5-10H,3-4,11-14H2,1-2H3,(H,21,22)/b10-7+. The van der Waals surface area contributed by atoms with Crippen LogP contribution in [0.2, 0.25) is 0 Å². The Morgan fingerprint density at radius 1 is 1.13 bits per heavy atom. The minimum atomic E-state index is -0.898. The number of amides is 1. The van der Waals surface area contributed by atoms with Crippen molar-refractivity contribution in [2.45, 2.75) is 33.1 Å². The van der Waals surface area contributed by atoms with E-state index >= 15 is 0 Å². The fourth-order valence-electron chi connectivity index (χ4n) is 2.00. The van der Waals surface area contributed by atoms with Crippen LogP contribution >= 0.6 is 0 Å². The summed E-state index contributed by atoms with van der Waals surface area (Å²) in [5, 5.41) is 8.74. The lowest BCUT2D eigenvalue weighted by atomic mass is 10.2. The predicted molar refractivity (Wildman–Crippen MR) is 90.4 cm³/mol. The normalized spacial score (nSPS) is 10.7. The molecule has 1 rings (SSSR count). The fraction of sp³-hybridized carbons (Fsp3) is 0.444. The predicted octanol–water partition coefficient (Wildman–Crippen LogP) is 3.20. The van der Waals surface area contributed by atoms with Crippen LogP contribution in [-0.4, -0.2) is 41.6 Å². The molecule has 0 unspecified atom stereocenters. The molecule has 1 N–H and O–H groups in total. The molecule has 5 heteroatoms. The topological polar surface area (TPSA) is 66.8 Å². The molecule has 0 heterocycles. The maximum Gasteiger partial charge on any atom is 0.305 e. The first-order valence-corrected chi connectivity index (χ1v) is 7.98. The Kier molecular flexibility index (Phi) is 8.50. The van der Waals surface area contributed by atoms with E-state index in [4.69, 9.17) is 9.84 Å². The quantitative estimate of drug-likeness (QED) is 0.673. The molecule has 0 aliphatic heterocycles. The smallest absolute Gasteiger partial charge is 0.305 e. The molecule has 1 aromatic rings. The third-order valence-corrected chi connectivity index (χ3v) is 3.17. The molecule has 0 aliphatic rings. The van der Waals surface area contributed by atoms with Crippen LogP contribution in [0.15, 0.2) is 30.3 Å². The van der Waals surface area contributed by atoms with Crippen molar-refractivity contribution in [3.8, 4) is 5.75 Å². The molecular formula is C18H25NO4. The maximum atomic E-state index is 12.1. The van der Waals surface area contributed by atoms with Crippen molar-refractivity contribution >= 4 is 18.0 Å². The van der Waals surface area contributed by atoms with Crippen molar-refractivity contribution in [2.24, 2.45) is 0 Å². The van der Waals surface area contributed by atoms with Crippen LogP contribution in [0.25, 0.3) is 6.08 Å². The molecule has 126 valence electrons.